The fourth-order valence-electron chi connectivity index (χ4n) is 1.77. The van der Waals surface area contributed by atoms with Crippen LogP contribution >= 0.6 is 0 Å². The van der Waals surface area contributed by atoms with Crippen molar-refractivity contribution in [1.82, 2.24) is 0 Å². The van der Waals surface area contributed by atoms with E-state index >= 15 is 0 Å². The maximum atomic E-state index is 8.45. The molecule has 70 valence electrons. The molecular formula is C11H11N3. The number of nitrogens with zero attached hydrogens (tertiary/aromatic N) is 3. The highest BCUT2D eigenvalue weighted by Gasteiger charge is 2.08. The Kier molecular flexibility index (Phi) is 2.52. The van der Waals surface area contributed by atoms with Crippen molar-refractivity contribution < 1.29 is 0 Å². The SMILES string of the molecule is [N-]=[N+]=NC1=CCCCc2ccccc21. The van der Waals surface area contributed by atoms with E-state index < -0.39 is 0 Å². The molecule has 1 aliphatic rings. The van der Waals surface area contributed by atoms with Crippen molar-refractivity contribution in [1.29, 1.82) is 0 Å². The average Bonchev–Trinajstić information content (AvgIpc) is 2.42. The van der Waals surface area contributed by atoms with E-state index in [-0.39, 0.29) is 0 Å². The van der Waals surface area contributed by atoms with Gasteiger partial charge in [0.05, 0.1) is 0 Å². The molecule has 3 heteroatoms. The molecule has 0 saturated carbocycles. The molecule has 0 spiro atoms. The van der Waals surface area contributed by atoms with Crippen LogP contribution in [-0.2, 0) is 6.42 Å². The molecule has 2 rings (SSSR count). The van der Waals surface area contributed by atoms with Crippen molar-refractivity contribution in [3.8, 4) is 0 Å². The number of hydrogen-bond acceptors (Lipinski definition) is 1. The van der Waals surface area contributed by atoms with E-state index in [2.05, 4.69) is 16.1 Å². The maximum Gasteiger partial charge on any atom is 0.0410 e. The smallest absolute Gasteiger partial charge is 0.0410 e. The van der Waals surface area contributed by atoms with Gasteiger partial charge in [-0.15, -0.1) is 0 Å². The number of hydrogen-bond donors (Lipinski definition) is 0. The van der Waals surface area contributed by atoms with Crippen molar-refractivity contribution in [3.63, 3.8) is 0 Å². The fraction of sp³-hybridized carbons (Fsp3) is 0.273. The van der Waals surface area contributed by atoms with Gasteiger partial charge in [-0.25, -0.2) is 0 Å². The second-order valence-electron chi connectivity index (χ2n) is 3.33. The zero-order valence-electron chi connectivity index (χ0n) is 7.85. The van der Waals surface area contributed by atoms with Crippen molar-refractivity contribution in [2.45, 2.75) is 19.3 Å². The molecule has 14 heavy (non-hydrogen) atoms. The van der Waals surface area contributed by atoms with E-state index in [9.17, 15) is 0 Å². The van der Waals surface area contributed by atoms with Crippen LogP contribution in [0.5, 0.6) is 0 Å². The standard InChI is InChI=1S/C11H11N3/c12-14-13-11-8-4-2-6-9-5-1-3-7-10(9)11/h1,3,5,7-8H,2,4,6H2. The summed E-state index contributed by atoms with van der Waals surface area (Å²) in [5, 5.41) is 3.73. The van der Waals surface area contributed by atoms with Gasteiger partial charge in [-0.3, -0.25) is 0 Å². The van der Waals surface area contributed by atoms with Crippen LogP contribution in [-0.4, -0.2) is 0 Å². The maximum absolute atomic E-state index is 8.45. The van der Waals surface area contributed by atoms with Crippen LogP contribution in [0.2, 0.25) is 0 Å². The lowest BCUT2D eigenvalue weighted by atomic mass is 10.0. The summed E-state index contributed by atoms with van der Waals surface area (Å²) in [4.78, 5) is 2.86. The second kappa shape index (κ2) is 3.99. The number of allylic oxidation sites excluding steroid dienone is 1. The van der Waals surface area contributed by atoms with Gasteiger partial charge in [-0.1, -0.05) is 35.5 Å². The van der Waals surface area contributed by atoms with Gasteiger partial charge < -0.3 is 0 Å². The number of benzene rings is 1. The third-order valence-corrected chi connectivity index (χ3v) is 2.43. The molecular weight excluding hydrogens is 174 g/mol. The lowest BCUT2D eigenvalue weighted by Gasteiger charge is -2.04. The van der Waals surface area contributed by atoms with Gasteiger partial charge in [0.25, 0.3) is 0 Å². The largest absolute Gasteiger partial charge is 0.0743 e. The summed E-state index contributed by atoms with van der Waals surface area (Å²) in [5.41, 5.74) is 11.6. The van der Waals surface area contributed by atoms with E-state index in [1.807, 2.05) is 24.3 Å². The highest BCUT2D eigenvalue weighted by atomic mass is 15.1. The van der Waals surface area contributed by atoms with Gasteiger partial charge in [-0.05, 0) is 35.9 Å². The molecule has 0 radical (unpaired) electrons. The van der Waals surface area contributed by atoms with Gasteiger partial charge in [0.2, 0.25) is 0 Å². The zero-order chi connectivity index (χ0) is 9.80. The Balaban J connectivity index is 2.53. The summed E-state index contributed by atoms with van der Waals surface area (Å²) in [7, 11) is 0. The van der Waals surface area contributed by atoms with E-state index in [0.717, 1.165) is 30.5 Å². The zero-order valence-corrected chi connectivity index (χ0v) is 7.85. The minimum absolute atomic E-state index is 0.778. The normalized spacial score (nSPS) is 14.7. The molecule has 0 bridgehead atoms. The number of azide groups is 1. The highest BCUT2D eigenvalue weighted by molar-refractivity contribution is 5.67. The quantitative estimate of drug-likeness (QED) is 0.364. The Bertz CT molecular complexity index is 414. The molecule has 1 aromatic rings. The van der Waals surface area contributed by atoms with Gasteiger partial charge in [-0.2, -0.15) is 0 Å². The molecule has 0 N–H and O–H groups in total. The first kappa shape index (κ1) is 8.85. The monoisotopic (exact) mass is 185 g/mol. The number of aryl methyl sites for hydroxylation is 1. The molecule has 1 aromatic carbocycles. The second-order valence-corrected chi connectivity index (χ2v) is 3.33. The lowest BCUT2D eigenvalue weighted by Crippen LogP contribution is -1.88. The van der Waals surface area contributed by atoms with Gasteiger partial charge in [0.15, 0.2) is 0 Å². The molecule has 0 saturated heterocycles. The Morgan fingerprint density at radius 1 is 1.29 bits per heavy atom. The van der Waals surface area contributed by atoms with E-state index in [4.69, 9.17) is 5.53 Å². The van der Waals surface area contributed by atoms with Gasteiger partial charge in [0.1, 0.15) is 0 Å². The van der Waals surface area contributed by atoms with Crippen LogP contribution in [0.25, 0.3) is 16.1 Å². The molecule has 0 atom stereocenters. The van der Waals surface area contributed by atoms with E-state index in [0.29, 0.717) is 0 Å². The molecule has 0 fully saturated rings. The predicted molar refractivity (Wildman–Crippen MR) is 56.5 cm³/mol. The van der Waals surface area contributed by atoms with Gasteiger partial charge in [0, 0.05) is 10.6 Å². The lowest BCUT2D eigenvalue weighted by molar-refractivity contribution is 0.851. The topological polar surface area (TPSA) is 48.8 Å². The molecule has 0 unspecified atom stereocenters. The summed E-state index contributed by atoms with van der Waals surface area (Å²) in [5.74, 6) is 0. The van der Waals surface area contributed by atoms with Crippen LogP contribution < -0.4 is 0 Å². The molecule has 0 aliphatic heterocycles. The molecule has 1 aliphatic carbocycles. The predicted octanol–water partition coefficient (Wildman–Crippen LogP) is 3.67. The summed E-state index contributed by atoms with van der Waals surface area (Å²) in [6.07, 6.45) is 5.20. The van der Waals surface area contributed by atoms with Crippen LogP contribution in [0.3, 0.4) is 0 Å². The third kappa shape index (κ3) is 1.63. The number of fused-ring (bicyclic) bond motifs is 1. The highest BCUT2D eigenvalue weighted by Crippen LogP contribution is 2.26. The van der Waals surface area contributed by atoms with Crippen LogP contribution in [0.1, 0.15) is 24.0 Å². The molecule has 0 amide bonds. The van der Waals surface area contributed by atoms with Crippen molar-refractivity contribution in [3.05, 3.63) is 51.9 Å². The molecule has 0 aromatic heterocycles. The van der Waals surface area contributed by atoms with Crippen molar-refractivity contribution in [2.24, 2.45) is 5.11 Å². The third-order valence-electron chi connectivity index (χ3n) is 2.43. The van der Waals surface area contributed by atoms with E-state index in [1.54, 1.807) is 0 Å². The Morgan fingerprint density at radius 3 is 3.00 bits per heavy atom. The Morgan fingerprint density at radius 2 is 2.14 bits per heavy atom. The fourth-order valence-corrected chi connectivity index (χ4v) is 1.77. The number of rotatable bonds is 1. The van der Waals surface area contributed by atoms with Crippen LogP contribution in [0.15, 0.2) is 35.5 Å². The van der Waals surface area contributed by atoms with Crippen LogP contribution in [0, 0.1) is 0 Å². The first-order valence-corrected chi connectivity index (χ1v) is 4.75. The summed E-state index contributed by atoms with van der Waals surface area (Å²) in [6.45, 7) is 0. The van der Waals surface area contributed by atoms with Crippen molar-refractivity contribution >= 4 is 5.70 Å². The minimum atomic E-state index is 0.778. The molecule has 0 heterocycles. The molecule has 3 nitrogen and oxygen atoms in total. The summed E-state index contributed by atoms with van der Waals surface area (Å²) < 4.78 is 0. The van der Waals surface area contributed by atoms with Gasteiger partial charge >= 0.3 is 0 Å². The summed E-state index contributed by atoms with van der Waals surface area (Å²) in [6, 6.07) is 8.12. The average molecular weight is 185 g/mol. The Hall–Kier alpha value is -1.73. The first-order chi connectivity index (χ1) is 6.92. The first-order valence-electron chi connectivity index (χ1n) is 4.75. The Labute approximate surface area is 82.7 Å². The van der Waals surface area contributed by atoms with Crippen molar-refractivity contribution in [2.75, 3.05) is 0 Å². The summed E-state index contributed by atoms with van der Waals surface area (Å²) >= 11 is 0. The minimum Gasteiger partial charge on any atom is -0.0743 e. The van der Waals surface area contributed by atoms with E-state index in [1.165, 1.54) is 5.56 Å². The van der Waals surface area contributed by atoms with Crippen LogP contribution in [0.4, 0.5) is 0 Å².